The van der Waals surface area contributed by atoms with E-state index in [0.29, 0.717) is 0 Å². The lowest BCUT2D eigenvalue weighted by Crippen LogP contribution is -2.09. The van der Waals surface area contributed by atoms with Crippen molar-refractivity contribution in [3.05, 3.63) is 57.8 Å². The molecule has 2 aromatic rings. The Morgan fingerprint density at radius 3 is 2.43 bits per heavy atom. The number of benzene rings is 1. The lowest BCUT2D eigenvalue weighted by Gasteiger charge is -2.09. The highest BCUT2D eigenvalue weighted by molar-refractivity contribution is 7.10. The van der Waals surface area contributed by atoms with Crippen LogP contribution in [0.2, 0.25) is 0 Å². The third kappa shape index (κ3) is 1.86. The molecule has 2 heteroatoms. The zero-order valence-electron chi connectivity index (χ0n) is 8.10. The Hall–Kier alpha value is -1.12. The van der Waals surface area contributed by atoms with Crippen molar-refractivity contribution in [2.24, 2.45) is 5.73 Å². The molecule has 0 fully saturated rings. The van der Waals surface area contributed by atoms with E-state index in [0.717, 1.165) is 0 Å². The SMILES string of the molecule is Cc1ccc([C@@H](N)c2cccs2)cc1. The van der Waals surface area contributed by atoms with E-state index in [1.165, 1.54) is 16.0 Å². The molecule has 1 nitrogen and oxygen atoms in total. The third-order valence-corrected chi connectivity index (χ3v) is 3.24. The summed E-state index contributed by atoms with van der Waals surface area (Å²) in [7, 11) is 0. The van der Waals surface area contributed by atoms with Crippen molar-refractivity contribution in [2.75, 3.05) is 0 Å². The first-order chi connectivity index (χ1) is 6.77. The normalized spacial score (nSPS) is 12.7. The van der Waals surface area contributed by atoms with Crippen LogP contribution in [-0.2, 0) is 0 Å². The lowest BCUT2D eigenvalue weighted by molar-refractivity contribution is 0.893. The number of hydrogen-bond donors (Lipinski definition) is 1. The average Bonchev–Trinajstić information content (AvgIpc) is 2.71. The predicted molar refractivity (Wildman–Crippen MR) is 61.5 cm³/mol. The molecule has 0 spiro atoms. The quantitative estimate of drug-likeness (QED) is 0.797. The molecule has 0 aliphatic rings. The van der Waals surface area contributed by atoms with Gasteiger partial charge in [0.15, 0.2) is 0 Å². The van der Waals surface area contributed by atoms with Crippen LogP contribution in [0.25, 0.3) is 0 Å². The summed E-state index contributed by atoms with van der Waals surface area (Å²) in [6.45, 7) is 2.08. The van der Waals surface area contributed by atoms with Crippen molar-refractivity contribution in [1.82, 2.24) is 0 Å². The van der Waals surface area contributed by atoms with Gasteiger partial charge in [0.1, 0.15) is 0 Å². The molecule has 0 aliphatic carbocycles. The number of aryl methyl sites for hydroxylation is 1. The maximum absolute atomic E-state index is 6.12. The van der Waals surface area contributed by atoms with Crippen LogP contribution in [0.4, 0.5) is 0 Å². The van der Waals surface area contributed by atoms with Crippen LogP contribution >= 0.6 is 11.3 Å². The van der Waals surface area contributed by atoms with Crippen LogP contribution in [0.15, 0.2) is 41.8 Å². The van der Waals surface area contributed by atoms with Gasteiger partial charge in [0.05, 0.1) is 6.04 Å². The first kappa shape index (κ1) is 9.44. The van der Waals surface area contributed by atoms with Crippen LogP contribution < -0.4 is 5.73 Å². The summed E-state index contributed by atoms with van der Waals surface area (Å²) < 4.78 is 0. The Balaban J connectivity index is 2.28. The highest BCUT2D eigenvalue weighted by atomic mass is 32.1. The molecule has 0 amide bonds. The summed E-state index contributed by atoms with van der Waals surface area (Å²) in [4.78, 5) is 1.22. The maximum atomic E-state index is 6.12. The zero-order chi connectivity index (χ0) is 9.97. The Kier molecular flexibility index (Phi) is 2.66. The topological polar surface area (TPSA) is 26.0 Å². The van der Waals surface area contributed by atoms with Gasteiger partial charge in [0.2, 0.25) is 0 Å². The van der Waals surface area contributed by atoms with E-state index in [9.17, 15) is 0 Å². The van der Waals surface area contributed by atoms with Gasteiger partial charge in [-0.05, 0) is 23.9 Å². The monoisotopic (exact) mass is 203 g/mol. The molecule has 0 saturated heterocycles. The summed E-state index contributed by atoms with van der Waals surface area (Å²) in [5, 5.41) is 2.06. The van der Waals surface area contributed by atoms with E-state index in [1.807, 2.05) is 6.07 Å². The van der Waals surface area contributed by atoms with E-state index < -0.39 is 0 Å². The molecular weight excluding hydrogens is 190 g/mol. The lowest BCUT2D eigenvalue weighted by atomic mass is 10.0. The van der Waals surface area contributed by atoms with Gasteiger partial charge in [0, 0.05) is 4.88 Å². The minimum atomic E-state index is 0.0237. The first-order valence-electron chi connectivity index (χ1n) is 4.63. The van der Waals surface area contributed by atoms with Crippen molar-refractivity contribution in [3.8, 4) is 0 Å². The van der Waals surface area contributed by atoms with Gasteiger partial charge in [-0.2, -0.15) is 0 Å². The fourth-order valence-corrected chi connectivity index (χ4v) is 2.16. The number of rotatable bonds is 2. The Labute approximate surface area is 88.2 Å². The van der Waals surface area contributed by atoms with Gasteiger partial charge < -0.3 is 5.73 Å². The molecule has 0 saturated carbocycles. The third-order valence-electron chi connectivity index (χ3n) is 2.29. The van der Waals surface area contributed by atoms with Crippen LogP contribution in [0.5, 0.6) is 0 Å². The first-order valence-corrected chi connectivity index (χ1v) is 5.51. The molecule has 72 valence electrons. The minimum absolute atomic E-state index is 0.0237. The van der Waals surface area contributed by atoms with Crippen LogP contribution in [0, 0.1) is 6.92 Å². The molecule has 0 unspecified atom stereocenters. The van der Waals surface area contributed by atoms with E-state index in [-0.39, 0.29) is 6.04 Å². The number of hydrogen-bond acceptors (Lipinski definition) is 2. The van der Waals surface area contributed by atoms with Crippen molar-refractivity contribution in [3.63, 3.8) is 0 Å². The maximum Gasteiger partial charge on any atom is 0.0645 e. The molecule has 1 aromatic carbocycles. The Bertz CT molecular complexity index is 389. The minimum Gasteiger partial charge on any atom is -0.320 e. The summed E-state index contributed by atoms with van der Waals surface area (Å²) in [6.07, 6.45) is 0. The van der Waals surface area contributed by atoms with Gasteiger partial charge in [-0.25, -0.2) is 0 Å². The Morgan fingerprint density at radius 2 is 1.86 bits per heavy atom. The molecule has 1 heterocycles. The molecule has 0 radical (unpaired) electrons. The summed E-state index contributed by atoms with van der Waals surface area (Å²) in [5.41, 5.74) is 8.57. The van der Waals surface area contributed by atoms with E-state index in [2.05, 4.69) is 42.6 Å². The second kappa shape index (κ2) is 3.95. The fourth-order valence-electron chi connectivity index (χ4n) is 1.41. The average molecular weight is 203 g/mol. The molecule has 1 aromatic heterocycles. The second-order valence-corrected chi connectivity index (χ2v) is 4.38. The number of nitrogens with two attached hydrogens (primary N) is 1. The van der Waals surface area contributed by atoms with E-state index in [1.54, 1.807) is 11.3 Å². The van der Waals surface area contributed by atoms with E-state index in [4.69, 9.17) is 5.73 Å². The highest BCUT2D eigenvalue weighted by Gasteiger charge is 2.08. The predicted octanol–water partition coefficient (Wildman–Crippen LogP) is 3.10. The molecule has 1 atom stereocenters. The van der Waals surface area contributed by atoms with Gasteiger partial charge in [-0.3, -0.25) is 0 Å². The summed E-state index contributed by atoms with van der Waals surface area (Å²) >= 11 is 1.71. The zero-order valence-corrected chi connectivity index (χ0v) is 8.92. The fraction of sp³-hybridized carbons (Fsp3) is 0.167. The highest BCUT2D eigenvalue weighted by Crippen LogP contribution is 2.23. The molecule has 2 N–H and O–H groups in total. The molecule has 14 heavy (non-hydrogen) atoms. The van der Waals surface area contributed by atoms with Gasteiger partial charge >= 0.3 is 0 Å². The smallest absolute Gasteiger partial charge is 0.0645 e. The molecule has 2 rings (SSSR count). The van der Waals surface area contributed by atoms with Crippen LogP contribution in [-0.4, -0.2) is 0 Å². The van der Waals surface area contributed by atoms with Crippen molar-refractivity contribution in [1.29, 1.82) is 0 Å². The molecule has 0 aliphatic heterocycles. The molecular formula is C12H13NS. The van der Waals surface area contributed by atoms with Gasteiger partial charge in [-0.15, -0.1) is 11.3 Å². The van der Waals surface area contributed by atoms with Crippen LogP contribution in [0.3, 0.4) is 0 Å². The number of thiophene rings is 1. The summed E-state index contributed by atoms with van der Waals surface area (Å²) in [5.74, 6) is 0. The Morgan fingerprint density at radius 1 is 1.14 bits per heavy atom. The standard InChI is InChI=1S/C12H13NS/c1-9-4-6-10(7-5-9)12(13)11-3-2-8-14-11/h2-8,12H,13H2,1H3/t12-/m1/s1. The van der Waals surface area contributed by atoms with Gasteiger partial charge in [-0.1, -0.05) is 35.9 Å². The van der Waals surface area contributed by atoms with Gasteiger partial charge in [0.25, 0.3) is 0 Å². The van der Waals surface area contributed by atoms with E-state index >= 15 is 0 Å². The van der Waals surface area contributed by atoms with Crippen molar-refractivity contribution >= 4 is 11.3 Å². The van der Waals surface area contributed by atoms with Crippen molar-refractivity contribution in [2.45, 2.75) is 13.0 Å². The van der Waals surface area contributed by atoms with Crippen molar-refractivity contribution < 1.29 is 0 Å². The van der Waals surface area contributed by atoms with Crippen LogP contribution in [0.1, 0.15) is 22.0 Å². The largest absolute Gasteiger partial charge is 0.320 e. The molecule has 0 bridgehead atoms. The second-order valence-electron chi connectivity index (χ2n) is 3.40. The summed E-state index contributed by atoms with van der Waals surface area (Å²) in [6, 6.07) is 12.5.